The van der Waals surface area contributed by atoms with E-state index in [2.05, 4.69) is 0 Å². The molecule has 1 aromatic rings. The Labute approximate surface area is 90.1 Å². The quantitative estimate of drug-likeness (QED) is 0.563. The molecule has 0 heterocycles. The fraction of sp³-hybridized carbons (Fsp3) is 0.364. The predicted octanol–water partition coefficient (Wildman–Crippen LogP) is 3.69. The van der Waals surface area contributed by atoms with Crippen molar-refractivity contribution in [2.45, 2.75) is 25.9 Å². The number of carbonyl (C=O) groups excluding carboxylic acids is 1. The molecular formula is C11H10F4O. The zero-order chi connectivity index (χ0) is 12.5. The lowest BCUT2D eigenvalue weighted by molar-refractivity contribution is -0.0887. The molecule has 88 valence electrons. The van der Waals surface area contributed by atoms with E-state index in [1.807, 2.05) is 0 Å². The Balaban J connectivity index is 3.27. The van der Waals surface area contributed by atoms with Crippen LogP contribution in [-0.2, 0) is 0 Å². The predicted molar refractivity (Wildman–Crippen MR) is 50.9 cm³/mol. The van der Waals surface area contributed by atoms with E-state index >= 15 is 0 Å². The SMILES string of the molecule is CC(C)c1cccc(C(=O)C(F)(F)F)c1F. The summed E-state index contributed by atoms with van der Waals surface area (Å²) in [5.74, 6) is -3.51. The van der Waals surface area contributed by atoms with Gasteiger partial charge in [0.1, 0.15) is 5.82 Å². The Hall–Kier alpha value is -1.39. The van der Waals surface area contributed by atoms with Gasteiger partial charge in [0.25, 0.3) is 5.78 Å². The largest absolute Gasteiger partial charge is 0.454 e. The van der Waals surface area contributed by atoms with E-state index in [1.165, 1.54) is 12.1 Å². The summed E-state index contributed by atoms with van der Waals surface area (Å²) in [6.45, 7) is 3.28. The van der Waals surface area contributed by atoms with Crippen LogP contribution in [0.2, 0.25) is 0 Å². The first-order valence-corrected chi connectivity index (χ1v) is 4.65. The molecule has 0 aromatic heterocycles. The van der Waals surface area contributed by atoms with Crippen molar-refractivity contribution in [1.29, 1.82) is 0 Å². The average Bonchev–Trinajstić information content (AvgIpc) is 2.15. The zero-order valence-electron chi connectivity index (χ0n) is 8.73. The fourth-order valence-corrected chi connectivity index (χ4v) is 1.32. The molecule has 0 aliphatic rings. The lowest BCUT2D eigenvalue weighted by atomic mass is 9.98. The molecule has 0 aliphatic carbocycles. The lowest BCUT2D eigenvalue weighted by Crippen LogP contribution is -2.24. The van der Waals surface area contributed by atoms with E-state index in [0.717, 1.165) is 6.07 Å². The number of alkyl halides is 3. The van der Waals surface area contributed by atoms with Crippen LogP contribution in [0.4, 0.5) is 17.6 Å². The Kier molecular flexibility index (Phi) is 3.35. The molecule has 5 heteroatoms. The molecule has 1 nitrogen and oxygen atoms in total. The van der Waals surface area contributed by atoms with Gasteiger partial charge < -0.3 is 0 Å². The molecule has 1 aromatic carbocycles. The van der Waals surface area contributed by atoms with Gasteiger partial charge in [-0.2, -0.15) is 13.2 Å². The summed E-state index contributed by atoms with van der Waals surface area (Å²) in [7, 11) is 0. The van der Waals surface area contributed by atoms with E-state index in [4.69, 9.17) is 0 Å². The van der Waals surface area contributed by atoms with Crippen LogP contribution in [0.1, 0.15) is 35.7 Å². The van der Waals surface area contributed by atoms with E-state index in [1.54, 1.807) is 13.8 Å². The van der Waals surface area contributed by atoms with Crippen LogP contribution in [-0.4, -0.2) is 12.0 Å². The Morgan fingerprint density at radius 3 is 2.25 bits per heavy atom. The highest BCUT2D eigenvalue weighted by Crippen LogP contribution is 2.27. The molecule has 16 heavy (non-hydrogen) atoms. The summed E-state index contributed by atoms with van der Waals surface area (Å²) in [6, 6.07) is 3.46. The van der Waals surface area contributed by atoms with Gasteiger partial charge in [-0.1, -0.05) is 26.0 Å². The number of ketones is 1. The smallest absolute Gasteiger partial charge is 0.284 e. The van der Waals surface area contributed by atoms with E-state index in [-0.39, 0.29) is 11.5 Å². The van der Waals surface area contributed by atoms with Gasteiger partial charge in [0.15, 0.2) is 0 Å². The first kappa shape index (κ1) is 12.7. The highest BCUT2D eigenvalue weighted by Gasteiger charge is 2.41. The van der Waals surface area contributed by atoms with Gasteiger partial charge in [0.2, 0.25) is 0 Å². The monoisotopic (exact) mass is 234 g/mol. The fourth-order valence-electron chi connectivity index (χ4n) is 1.32. The minimum atomic E-state index is -5.05. The highest BCUT2D eigenvalue weighted by molar-refractivity contribution is 6.00. The van der Waals surface area contributed by atoms with Gasteiger partial charge in [-0.3, -0.25) is 4.79 Å². The van der Waals surface area contributed by atoms with Gasteiger partial charge in [-0.25, -0.2) is 4.39 Å². The Morgan fingerprint density at radius 1 is 1.25 bits per heavy atom. The van der Waals surface area contributed by atoms with Crippen molar-refractivity contribution < 1.29 is 22.4 Å². The number of benzene rings is 1. The molecule has 0 bridgehead atoms. The molecule has 0 atom stereocenters. The standard InChI is InChI=1S/C11H10F4O/c1-6(2)7-4-3-5-8(9(7)12)10(16)11(13,14)15/h3-6H,1-2H3. The lowest BCUT2D eigenvalue weighted by Gasteiger charge is -2.11. The minimum Gasteiger partial charge on any atom is -0.284 e. The van der Waals surface area contributed by atoms with Gasteiger partial charge in [0.05, 0.1) is 5.56 Å². The summed E-state index contributed by atoms with van der Waals surface area (Å²) in [5, 5.41) is 0. The number of hydrogen-bond donors (Lipinski definition) is 0. The summed E-state index contributed by atoms with van der Waals surface area (Å²) >= 11 is 0. The van der Waals surface area contributed by atoms with Crippen molar-refractivity contribution in [2.24, 2.45) is 0 Å². The molecule has 0 fully saturated rings. The third-order valence-corrected chi connectivity index (χ3v) is 2.15. The van der Waals surface area contributed by atoms with Crippen LogP contribution >= 0.6 is 0 Å². The number of Topliss-reactive ketones (excluding diaryl/α,β-unsaturated/α-hetero) is 1. The van der Waals surface area contributed by atoms with Crippen LogP contribution < -0.4 is 0 Å². The van der Waals surface area contributed by atoms with Crippen LogP contribution in [0, 0.1) is 5.82 Å². The normalized spacial score (nSPS) is 11.9. The zero-order valence-corrected chi connectivity index (χ0v) is 8.73. The van der Waals surface area contributed by atoms with Crippen LogP contribution in [0.25, 0.3) is 0 Å². The molecule has 0 saturated heterocycles. The molecule has 0 saturated carbocycles. The van der Waals surface area contributed by atoms with Crippen molar-refractivity contribution in [2.75, 3.05) is 0 Å². The third-order valence-electron chi connectivity index (χ3n) is 2.15. The minimum absolute atomic E-state index is 0.107. The van der Waals surface area contributed by atoms with Gasteiger partial charge in [0, 0.05) is 0 Å². The van der Waals surface area contributed by atoms with Crippen molar-refractivity contribution in [3.05, 3.63) is 35.1 Å². The van der Waals surface area contributed by atoms with E-state index in [9.17, 15) is 22.4 Å². The second kappa shape index (κ2) is 4.23. The maximum atomic E-state index is 13.6. The molecule has 0 unspecified atom stereocenters. The Bertz CT molecular complexity index is 407. The second-order valence-electron chi connectivity index (χ2n) is 3.69. The average molecular weight is 234 g/mol. The topological polar surface area (TPSA) is 17.1 Å². The van der Waals surface area contributed by atoms with Crippen molar-refractivity contribution in [3.63, 3.8) is 0 Å². The number of rotatable bonds is 2. The number of carbonyl (C=O) groups is 1. The van der Waals surface area contributed by atoms with E-state index in [0.29, 0.717) is 0 Å². The molecule has 0 spiro atoms. The van der Waals surface area contributed by atoms with Crippen LogP contribution in [0.3, 0.4) is 0 Å². The van der Waals surface area contributed by atoms with Crippen molar-refractivity contribution >= 4 is 5.78 Å². The van der Waals surface area contributed by atoms with Gasteiger partial charge in [-0.15, -0.1) is 0 Å². The van der Waals surface area contributed by atoms with Crippen LogP contribution in [0.5, 0.6) is 0 Å². The molecular weight excluding hydrogens is 224 g/mol. The molecule has 0 radical (unpaired) electrons. The second-order valence-corrected chi connectivity index (χ2v) is 3.69. The third kappa shape index (κ3) is 2.40. The molecule has 0 amide bonds. The molecule has 1 rings (SSSR count). The van der Waals surface area contributed by atoms with E-state index < -0.39 is 23.3 Å². The number of hydrogen-bond acceptors (Lipinski definition) is 1. The van der Waals surface area contributed by atoms with Crippen molar-refractivity contribution in [3.8, 4) is 0 Å². The summed E-state index contributed by atoms with van der Waals surface area (Å²) in [4.78, 5) is 10.9. The maximum Gasteiger partial charge on any atom is 0.454 e. The Morgan fingerprint density at radius 2 is 1.81 bits per heavy atom. The number of halogens is 4. The molecule has 0 N–H and O–H groups in total. The van der Waals surface area contributed by atoms with Crippen molar-refractivity contribution in [1.82, 2.24) is 0 Å². The maximum absolute atomic E-state index is 13.6. The summed E-state index contributed by atoms with van der Waals surface area (Å²) in [6.07, 6.45) is -5.05. The van der Waals surface area contributed by atoms with Crippen LogP contribution in [0.15, 0.2) is 18.2 Å². The summed E-state index contributed by atoms with van der Waals surface area (Å²) < 4.78 is 50.0. The molecule has 0 aliphatic heterocycles. The first-order chi connectivity index (χ1) is 7.25. The highest BCUT2D eigenvalue weighted by atomic mass is 19.4. The first-order valence-electron chi connectivity index (χ1n) is 4.65. The van der Waals surface area contributed by atoms with Gasteiger partial charge in [-0.05, 0) is 17.5 Å². The summed E-state index contributed by atoms with van der Waals surface area (Å²) in [5.41, 5.74) is -0.811. The van der Waals surface area contributed by atoms with Gasteiger partial charge >= 0.3 is 6.18 Å².